The lowest BCUT2D eigenvalue weighted by molar-refractivity contribution is 0.282. The van der Waals surface area contributed by atoms with E-state index in [-0.39, 0.29) is 0 Å². The maximum absolute atomic E-state index is 12.2. The maximum atomic E-state index is 12.2. The average molecular weight is 369 g/mol. The van der Waals surface area contributed by atoms with Crippen LogP contribution >= 0.6 is 27.5 Å². The van der Waals surface area contributed by atoms with Crippen molar-refractivity contribution in [2.75, 3.05) is 17.8 Å². The highest BCUT2D eigenvalue weighted by Gasteiger charge is 2.27. The molecule has 1 aromatic rings. The van der Waals surface area contributed by atoms with Crippen LogP contribution in [0.5, 0.6) is 0 Å². The van der Waals surface area contributed by atoms with Gasteiger partial charge in [-0.05, 0) is 40.8 Å². The van der Waals surface area contributed by atoms with Crippen LogP contribution in [-0.4, -0.2) is 30.8 Å². The molecule has 1 fully saturated rings. The molecule has 0 aliphatic carbocycles. The van der Waals surface area contributed by atoms with E-state index in [9.17, 15) is 8.42 Å². The number of halogens is 2. The van der Waals surface area contributed by atoms with E-state index in [1.54, 1.807) is 6.07 Å². The molecule has 0 bridgehead atoms. The van der Waals surface area contributed by atoms with E-state index in [1.807, 2.05) is 0 Å². The predicted octanol–water partition coefficient (Wildman–Crippen LogP) is 2.89. The maximum Gasteiger partial charge on any atom is 0.301 e. The molecule has 1 aliphatic heterocycles. The number of aromatic nitrogens is 1. The summed E-state index contributed by atoms with van der Waals surface area (Å²) < 4.78 is 29.0. The van der Waals surface area contributed by atoms with Crippen molar-refractivity contribution in [2.45, 2.75) is 19.8 Å². The Morgan fingerprint density at radius 1 is 1.58 bits per heavy atom. The summed E-state index contributed by atoms with van der Waals surface area (Å²) in [5, 5.41) is 0.301. The van der Waals surface area contributed by atoms with Crippen LogP contribution in [0.2, 0.25) is 5.15 Å². The van der Waals surface area contributed by atoms with Crippen LogP contribution in [0.4, 0.5) is 5.69 Å². The summed E-state index contributed by atoms with van der Waals surface area (Å²) in [7, 11) is -3.52. The average Bonchev–Trinajstić information content (AvgIpc) is 2.33. The Bertz CT molecular complexity index is 567. The van der Waals surface area contributed by atoms with E-state index in [0.717, 1.165) is 12.8 Å². The zero-order valence-electron chi connectivity index (χ0n) is 10.4. The Balaban J connectivity index is 2.14. The zero-order chi connectivity index (χ0) is 14.0. The Morgan fingerprint density at radius 3 is 2.95 bits per heavy atom. The molecule has 1 N–H and O–H groups in total. The van der Waals surface area contributed by atoms with Crippen LogP contribution in [0.25, 0.3) is 0 Å². The zero-order valence-corrected chi connectivity index (χ0v) is 13.6. The number of nitrogens with zero attached hydrogens (tertiary/aromatic N) is 2. The van der Waals surface area contributed by atoms with Gasteiger partial charge in [-0.2, -0.15) is 12.7 Å². The van der Waals surface area contributed by atoms with Crippen molar-refractivity contribution in [1.82, 2.24) is 9.29 Å². The number of hydrogen-bond donors (Lipinski definition) is 1. The van der Waals surface area contributed by atoms with Gasteiger partial charge in [0, 0.05) is 13.1 Å². The highest BCUT2D eigenvalue weighted by Crippen LogP contribution is 2.25. The van der Waals surface area contributed by atoms with E-state index in [1.165, 1.54) is 10.5 Å². The first-order valence-corrected chi connectivity index (χ1v) is 8.58. The molecule has 0 spiro atoms. The number of anilines is 1. The summed E-state index contributed by atoms with van der Waals surface area (Å²) in [5.41, 5.74) is 0.398. The van der Waals surface area contributed by atoms with Crippen LogP contribution in [-0.2, 0) is 10.2 Å². The summed E-state index contributed by atoms with van der Waals surface area (Å²) >= 11 is 8.99. The SMILES string of the molecule is CC1CCCN(S(=O)(=O)Nc2cnc(Cl)c(Br)c2)C1. The van der Waals surface area contributed by atoms with Crippen molar-refractivity contribution in [3.05, 3.63) is 21.9 Å². The van der Waals surface area contributed by atoms with Crippen LogP contribution in [0, 0.1) is 5.92 Å². The lowest BCUT2D eigenvalue weighted by atomic mass is 10.0. The Hall–Kier alpha value is -0.370. The lowest BCUT2D eigenvalue weighted by Crippen LogP contribution is -2.42. The first kappa shape index (κ1) is 15.0. The molecule has 1 aliphatic rings. The van der Waals surface area contributed by atoms with Crippen LogP contribution < -0.4 is 4.72 Å². The molecule has 19 heavy (non-hydrogen) atoms. The summed E-state index contributed by atoms with van der Waals surface area (Å²) in [6.45, 7) is 3.17. The van der Waals surface area contributed by atoms with Gasteiger partial charge in [-0.1, -0.05) is 18.5 Å². The Labute approximate surface area is 126 Å². The molecule has 1 atom stereocenters. The number of rotatable bonds is 3. The summed E-state index contributed by atoms with van der Waals surface area (Å²) in [6, 6.07) is 1.60. The molecule has 2 rings (SSSR count). The summed E-state index contributed by atoms with van der Waals surface area (Å²) in [6.07, 6.45) is 3.36. The van der Waals surface area contributed by atoms with Gasteiger partial charge in [0.05, 0.1) is 16.4 Å². The smallest absolute Gasteiger partial charge is 0.269 e. The minimum atomic E-state index is -3.52. The van der Waals surface area contributed by atoms with Gasteiger partial charge in [0.15, 0.2) is 0 Å². The first-order chi connectivity index (χ1) is 8.88. The molecule has 106 valence electrons. The van der Waals surface area contributed by atoms with E-state index < -0.39 is 10.2 Å². The molecular formula is C11H15BrClN3O2S. The van der Waals surface area contributed by atoms with Crippen molar-refractivity contribution >= 4 is 43.4 Å². The quantitative estimate of drug-likeness (QED) is 0.834. The van der Waals surface area contributed by atoms with Crippen LogP contribution in [0.15, 0.2) is 16.7 Å². The molecule has 1 saturated heterocycles. The fourth-order valence-electron chi connectivity index (χ4n) is 2.06. The largest absolute Gasteiger partial charge is 0.301 e. The molecule has 8 heteroatoms. The summed E-state index contributed by atoms with van der Waals surface area (Å²) in [5.74, 6) is 0.389. The second kappa shape index (κ2) is 5.95. The monoisotopic (exact) mass is 367 g/mol. The van der Waals surface area contributed by atoms with E-state index >= 15 is 0 Å². The topological polar surface area (TPSA) is 62.3 Å². The molecule has 5 nitrogen and oxygen atoms in total. The molecule has 0 saturated carbocycles. The van der Waals surface area contributed by atoms with Gasteiger partial charge >= 0.3 is 10.2 Å². The van der Waals surface area contributed by atoms with Crippen molar-refractivity contribution in [2.24, 2.45) is 5.92 Å². The molecule has 0 radical (unpaired) electrons. The molecule has 1 aromatic heterocycles. The number of piperidine rings is 1. The fraction of sp³-hybridized carbons (Fsp3) is 0.545. The van der Waals surface area contributed by atoms with Crippen LogP contribution in [0.1, 0.15) is 19.8 Å². The standard InChI is InChI=1S/C11H15BrClN3O2S/c1-8-3-2-4-16(7-8)19(17,18)15-9-5-10(12)11(13)14-6-9/h5-6,8,15H,2-4,7H2,1H3. The van der Waals surface area contributed by atoms with Gasteiger partial charge in [0.25, 0.3) is 0 Å². The number of pyridine rings is 1. The second-order valence-electron chi connectivity index (χ2n) is 4.71. The van der Waals surface area contributed by atoms with Crippen LogP contribution in [0.3, 0.4) is 0 Å². The fourth-order valence-corrected chi connectivity index (χ4v) is 3.87. The van der Waals surface area contributed by atoms with Crippen molar-refractivity contribution in [1.29, 1.82) is 0 Å². The third-order valence-corrected chi connectivity index (χ3v) is 5.64. The van der Waals surface area contributed by atoms with Gasteiger partial charge in [-0.15, -0.1) is 0 Å². The molecular weight excluding hydrogens is 354 g/mol. The van der Waals surface area contributed by atoms with Gasteiger partial charge in [-0.3, -0.25) is 4.72 Å². The summed E-state index contributed by atoms with van der Waals surface area (Å²) in [4.78, 5) is 3.90. The number of nitrogens with one attached hydrogen (secondary N) is 1. The first-order valence-electron chi connectivity index (χ1n) is 5.97. The normalized spacial score (nSPS) is 21.3. The third kappa shape index (κ3) is 3.81. The van der Waals surface area contributed by atoms with Crippen molar-refractivity contribution in [3.63, 3.8) is 0 Å². The van der Waals surface area contributed by atoms with Crippen molar-refractivity contribution in [3.8, 4) is 0 Å². The molecule has 1 unspecified atom stereocenters. The van der Waals surface area contributed by atoms with Gasteiger partial charge < -0.3 is 0 Å². The third-order valence-electron chi connectivity index (χ3n) is 3.00. The number of hydrogen-bond acceptors (Lipinski definition) is 3. The highest BCUT2D eigenvalue weighted by molar-refractivity contribution is 9.10. The van der Waals surface area contributed by atoms with Gasteiger partial charge in [0.2, 0.25) is 0 Å². The van der Waals surface area contributed by atoms with Gasteiger partial charge in [-0.25, -0.2) is 4.98 Å². The van der Waals surface area contributed by atoms with E-state index in [4.69, 9.17) is 11.6 Å². The molecule has 0 amide bonds. The van der Waals surface area contributed by atoms with Gasteiger partial charge in [0.1, 0.15) is 5.15 Å². The minimum Gasteiger partial charge on any atom is -0.269 e. The van der Waals surface area contributed by atoms with E-state index in [0.29, 0.717) is 34.3 Å². The second-order valence-corrected chi connectivity index (χ2v) is 7.59. The van der Waals surface area contributed by atoms with Crippen molar-refractivity contribution < 1.29 is 8.42 Å². The predicted molar refractivity (Wildman–Crippen MR) is 79.5 cm³/mol. The molecule has 0 aromatic carbocycles. The van der Waals surface area contributed by atoms with E-state index in [2.05, 4.69) is 32.6 Å². The lowest BCUT2D eigenvalue weighted by Gasteiger charge is -2.30. The Kier molecular flexibility index (Phi) is 4.70. The highest BCUT2D eigenvalue weighted by atomic mass is 79.9. The molecule has 2 heterocycles. The Morgan fingerprint density at radius 2 is 2.32 bits per heavy atom. The minimum absolute atomic E-state index is 0.301.